The molecule has 0 saturated carbocycles. The van der Waals surface area contributed by atoms with Gasteiger partial charge in [0.2, 0.25) is 0 Å². The Labute approximate surface area is 95.4 Å². The molecule has 17 heavy (non-hydrogen) atoms. The molecule has 0 saturated heterocycles. The number of carboxylic acid groups (broad SMARTS) is 1. The van der Waals surface area contributed by atoms with E-state index in [1.807, 2.05) is 0 Å². The lowest BCUT2D eigenvalue weighted by Gasteiger charge is -2.11. The Morgan fingerprint density at radius 2 is 2.06 bits per heavy atom. The van der Waals surface area contributed by atoms with Gasteiger partial charge in [-0.25, -0.2) is 4.79 Å². The van der Waals surface area contributed by atoms with Crippen LogP contribution in [0, 0.1) is 0 Å². The molecule has 0 spiro atoms. The van der Waals surface area contributed by atoms with Crippen molar-refractivity contribution in [2.75, 3.05) is 6.54 Å². The Balaban J connectivity index is 3.32. The second-order valence-electron chi connectivity index (χ2n) is 3.24. The summed E-state index contributed by atoms with van der Waals surface area (Å²) in [5.41, 5.74) is 3.66. The molecular weight excluding hydrogens is 235 g/mol. The summed E-state index contributed by atoms with van der Waals surface area (Å²) in [5.74, 6) is -1.40. The van der Waals surface area contributed by atoms with E-state index in [0.717, 1.165) is 12.1 Å². The van der Waals surface area contributed by atoms with Crippen LogP contribution in [0.2, 0.25) is 0 Å². The molecule has 1 aromatic carbocycles. The van der Waals surface area contributed by atoms with Gasteiger partial charge in [-0.3, -0.25) is 0 Å². The largest absolute Gasteiger partial charge is 0.478 e. The van der Waals surface area contributed by atoms with E-state index in [1.54, 1.807) is 0 Å². The van der Waals surface area contributed by atoms with Crippen molar-refractivity contribution in [3.05, 3.63) is 41.0 Å². The monoisotopic (exact) mass is 245 g/mol. The van der Waals surface area contributed by atoms with Gasteiger partial charge in [0.15, 0.2) is 0 Å². The highest BCUT2D eigenvalue weighted by atomic mass is 19.4. The number of aromatic carboxylic acids is 1. The van der Waals surface area contributed by atoms with E-state index in [9.17, 15) is 18.0 Å². The first-order chi connectivity index (χ1) is 7.86. The van der Waals surface area contributed by atoms with E-state index in [-0.39, 0.29) is 12.1 Å². The lowest BCUT2D eigenvalue weighted by Crippen LogP contribution is -2.10. The number of halogens is 3. The Kier molecular flexibility index (Phi) is 3.90. The molecule has 0 amide bonds. The van der Waals surface area contributed by atoms with Crippen molar-refractivity contribution >= 4 is 12.0 Å². The van der Waals surface area contributed by atoms with Gasteiger partial charge in [0.1, 0.15) is 0 Å². The molecular formula is C11H10F3NO2. The number of alkyl halides is 3. The lowest BCUT2D eigenvalue weighted by molar-refractivity contribution is -0.137. The van der Waals surface area contributed by atoms with Gasteiger partial charge in [0.25, 0.3) is 0 Å². The predicted molar refractivity (Wildman–Crippen MR) is 56.5 cm³/mol. The molecule has 0 radical (unpaired) electrons. The molecule has 1 aromatic rings. The number of hydrogen-bond donors (Lipinski definition) is 2. The number of hydrogen-bond acceptors (Lipinski definition) is 2. The summed E-state index contributed by atoms with van der Waals surface area (Å²) >= 11 is 0. The molecule has 0 aromatic heterocycles. The van der Waals surface area contributed by atoms with Crippen molar-refractivity contribution in [3.63, 3.8) is 0 Å². The summed E-state index contributed by atoms with van der Waals surface area (Å²) < 4.78 is 38.0. The Bertz CT molecular complexity index is 453. The first-order valence-corrected chi connectivity index (χ1v) is 4.67. The number of benzene rings is 1. The number of rotatable bonds is 3. The number of carbonyl (C=O) groups is 1. The fourth-order valence-corrected chi connectivity index (χ4v) is 1.28. The van der Waals surface area contributed by atoms with Crippen LogP contribution in [-0.2, 0) is 6.18 Å². The maximum atomic E-state index is 12.7. The molecule has 92 valence electrons. The summed E-state index contributed by atoms with van der Waals surface area (Å²) in [6, 6.07) is 2.84. The van der Waals surface area contributed by atoms with Crippen LogP contribution in [-0.4, -0.2) is 17.6 Å². The smallest absolute Gasteiger partial charge is 0.417 e. The molecule has 1 rings (SSSR count). The fraction of sp³-hybridized carbons (Fsp3) is 0.182. The third-order valence-electron chi connectivity index (χ3n) is 2.04. The lowest BCUT2D eigenvalue weighted by atomic mass is 10.0. The molecule has 3 nitrogen and oxygen atoms in total. The summed E-state index contributed by atoms with van der Waals surface area (Å²) in [4.78, 5) is 10.6. The quantitative estimate of drug-likeness (QED) is 0.859. The number of nitrogens with two attached hydrogens (primary N) is 1. The van der Waals surface area contributed by atoms with E-state index in [4.69, 9.17) is 10.8 Å². The molecule has 3 N–H and O–H groups in total. The standard InChI is InChI=1S/C11H10F3NO2/c12-11(13,14)9-6-8(10(16)17)4-3-7(9)2-1-5-15/h1-4,6H,5,15H2,(H,16,17). The van der Waals surface area contributed by atoms with E-state index < -0.39 is 23.3 Å². The SMILES string of the molecule is NCC=Cc1ccc(C(=O)O)cc1C(F)(F)F. The number of carboxylic acids is 1. The molecule has 0 heterocycles. The molecule has 0 bridgehead atoms. The summed E-state index contributed by atoms with van der Waals surface area (Å²) in [5, 5.41) is 8.64. The van der Waals surface area contributed by atoms with Crippen LogP contribution < -0.4 is 5.73 Å². The first-order valence-electron chi connectivity index (χ1n) is 4.67. The third kappa shape index (κ3) is 3.32. The zero-order chi connectivity index (χ0) is 13.1. The average Bonchev–Trinajstić information content (AvgIpc) is 2.24. The van der Waals surface area contributed by atoms with E-state index in [1.165, 1.54) is 12.2 Å². The third-order valence-corrected chi connectivity index (χ3v) is 2.04. The zero-order valence-corrected chi connectivity index (χ0v) is 8.66. The predicted octanol–water partition coefficient (Wildman–Crippen LogP) is 2.38. The Morgan fingerprint density at radius 3 is 2.53 bits per heavy atom. The summed E-state index contributed by atoms with van der Waals surface area (Å²) in [6.45, 7) is 0.109. The van der Waals surface area contributed by atoms with E-state index in [0.29, 0.717) is 6.07 Å². The van der Waals surface area contributed by atoms with Gasteiger partial charge in [-0.2, -0.15) is 13.2 Å². The van der Waals surface area contributed by atoms with Crippen LogP contribution in [0.4, 0.5) is 13.2 Å². The Hall–Kier alpha value is -1.82. The van der Waals surface area contributed by atoms with Crippen molar-refractivity contribution in [3.8, 4) is 0 Å². The Morgan fingerprint density at radius 1 is 1.41 bits per heavy atom. The fourth-order valence-electron chi connectivity index (χ4n) is 1.28. The first kappa shape index (κ1) is 13.2. The van der Waals surface area contributed by atoms with Gasteiger partial charge in [-0.15, -0.1) is 0 Å². The second kappa shape index (κ2) is 5.01. The van der Waals surface area contributed by atoms with Crippen molar-refractivity contribution in [1.29, 1.82) is 0 Å². The highest BCUT2D eigenvalue weighted by Crippen LogP contribution is 2.33. The van der Waals surface area contributed by atoms with Crippen molar-refractivity contribution in [2.24, 2.45) is 5.73 Å². The van der Waals surface area contributed by atoms with E-state index >= 15 is 0 Å². The zero-order valence-electron chi connectivity index (χ0n) is 8.66. The average molecular weight is 245 g/mol. The molecule has 0 aliphatic carbocycles. The molecule has 0 aliphatic rings. The maximum Gasteiger partial charge on any atom is 0.417 e. The van der Waals surface area contributed by atoms with Crippen LogP contribution in [0.1, 0.15) is 21.5 Å². The molecule has 6 heteroatoms. The minimum atomic E-state index is -4.60. The van der Waals surface area contributed by atoms with Gasteiger partial charge < -0.3 is 10.8 Å². The second-order valence-corrected chi connectivity index (χ2v) is 3.24. The maximum absolute atomic E-state index is 12.7. The topological polar surface area (TPSA) is 63.3 Å². The summed E-state index contributed by atoms with van der Waals surface area (Å²) in [7, 11) is 0. The molecule has 0 aliphatic heterocycles. The van der Waals surface area contributed by atoms with Crippen molar-refractivity contribution < 1.29 is 23.1 Å². The van der Waals surface area contributed by atoms with Gasteiger partial charge in [-0.1, -0.05) is 18.2 Å². The van der Waals surface area contributed by atoms with Gasteiger partial charge >= 0.3 is 12.1 Å². The molecule has 0 unspecified atom stereocenters. The van der Waals surface area contributed by atoms with Crippen molar-refractivity contribution in [2.45, 2.75) is 6.18 Å². The van der Waals surface area contributed by atoms with Gasteiger partial charge in [-0.05, 0) is 17.7 Å². The van der Waals surface area contributed by atoms with Gasteiger partial charge in [0, 0.05) is 6.54 Å². The van der Waals surface area contributed by atoms with Crippen LogP contribution in [0.15, 0.2) is 24.3 Å². The van der Waals surface area contributed by atoms with Crippen LogP contribution in [0.3, 0.4) is 0 Å². The highest BCUT2D eigenvalue weighted by Gasteiger charge is 2.33. The van der Waals surface area contributed by atoms with Crippen LogP contribution in [0.25, 0.3) is 6.08 Å². The van der Waals surface area contributed by atoms with Crippen LogP contribution >= 0.6 is 0 Å². The van der Waals surface area contributed by atoms with Crippen LogP contribution in [0.5, 0.6) is 0 Å². The normalized spacial score (nSPS) is 12.0. The highest BCUT2D eigenvalue weighted by molar-refractivity contribution is 5.88. The van der Waals surface area contributed by atoms with Gasteiger partial charge in [0.05, 0.1) is 11.1 Å². The van der Waals surface area contributed by atoms with Crippen molar-refractivity contribution in [1.82, 2.24) is 0 Å². The minimum Gasteiger partial charge on any atom is -0.478 e. The minimum absolute atomic E-state index is 0.104. The van der Waals surface area contributed by atoms with E-state index in [2.05, 4.69) is 0 Å². The summed E-state index contributed by atoms with van der Waals surface area (Å²) in [6.07, 6.45) is -2.01. The molecule has 0 atom stereocenters. The molecule has 0 fully saturated rings.